The fraction of sp³-hybridized carbons (Fsp3) is 0.286. The minimum absolute atomic E-state index is 0.0643. The van der Waals surface area contributed by atoms with Crippen molar-refractivity contribution in [3.63, 3.8) is 0 Å². The molecule has 3 heterocycles. The van der Waals surface area contributed by atoms with Crippen molar-refractivity contribution in [2.24, 2.45) is 0 Å². The van der Waals surface area contributed by atoms with E-state index in [2.05, 4.69) is 5.32 Å². The lowest BCUT2D eigenvalue weighted by molar-refractivity contribution is 0.0694. The average Bonchev–Trinajstić information content (AvgIpc) is 3.45. The number of hydrogen-bond donors (Lipinski definition) is 2. The first kappa shape index (κ1) is 18.1. The lowest BCUT2D eigenvalue weighted by Crippen LogP contribution is -2.28. The second-order valence-electron chi connectivity index (χ2n) is 7.33. The van der Waals surface area contributed by atoms with Crippen LogP contribution in [0.3, 0.4) is 0 Å². The number of carbonyl (C=O) groups is 2. The Morgan fingerprint density at radius 1 is 1.24 bits per heavy atom. The van der Waals surface area contributed by atoms with Crippen LogP contribution >= 0.6 is 11.3 Å². The Balaban J connectivity index is 1.80. The van der Waals surface area contributed by atoms with Crippen LogP contribution in [0.1, 0.15) is 44.5 Å². The van der Waals surface area contributed by atoms with E-state index < -0.39 is 11.4 Å². The van der Waals surface area contributed by atoms with Gasteiger partial charge >= 0.3 is 5.97 Å². The molecular formula is C21H18N2O5S. The van der Waals surface area contributed by atoms with E-state index >= 15 is 0 Å². The molecule has 0 saturated heterocycles. The second-order valence-corrected chi connectivity index (χ2v) is 8.47. The standard InChI is InChI=1S/C21H18N2O5S/c1-28-20-11(16-6-13-15(24)7-22-8-17(13)29-16)4-5-12-18(20)23(10-2-3-10)9-14(19(12)25)21(26)27/h4-6,9-10,22H,2-3,7-8H2,1H3,(H,26,27). The zero-order chi connectivity index (χ0) is 20.3. The number of thiophene rings is 1. The predicted octanol–water partition coefficient (Wildman–Crippen LogP) is 3.06. The molecule has 0 radical (unpaired) electrons. The molecular weight excluding hydrogens is 392 g/mol. The number of methoxy groups -OCH3 is 1. The van der Waals surface area contributed by atoms with Crippen molar-refractivity contribution in [2.45, 2.75) is 25.4 Å². The van der Waals surface area contributed by atoms with E-state index in [1.54, 1.807) is 19.2 Å². The minimum Gasteiger partial charge on any atom is -0.494 e. The van der Waals surface area contributed by atoms with Crippen molar-refractivity contribution in [2.75, 3.05) is 13.7 Å². The van der Waals surface area contributed by atoms with Gasteiger partial charge in [-0.15, -0.1) is 11.3 Å². The molecule has 0 atom stereocenters. The molecule has 1 aliphatic carbocycles. The first-order chi connectivity index (χ1) is 14.0. The molecule has 2 aromatic heterocycles. The van der Waals surface area contributed by atoms with Crippen molar-refractivity contribution < 1.29 is 19.4 Å². The van der Waals surface area contributed by atoms with E-state index in [9.17, 15) is 19.5 Å². The molecule has 2 N–H and O–H groups in total. The fourth-order valence-corrected chi connectivity index (χ4v) is 5.10. The molecule has 3 aromatic rings. The minimum atomic E-state index is -1.23. The van der Waals surface area contributed by atoms with E-state index in [1.807, 2.05) is 10.6 Å². The summed E-state index contributed by atoms with van der Waals surface area (Å²) in [6.45, 7) is 0.980. The van der Waals surface area contributed by atoms with E-state index in [0.717, 1.165) is 33.7 Å². The molecule has 7 nitrogen and oxygen atoms in total. The van der Waals surface area contributed by atoms with Crippen molar-refractivity contribution in [1.29, 1.82) is 0 Å². The summed E-state index contributed by atoms with van der Waals surface area (Å²) in [6, 6.07) is 5.49. The van der Waals surface area contributed by atoms with Gasteiger partial charge < -0.3 is 19.7 Å². The van der Waals surface area contributed by atoms with Crippen LogP contribution in [0, 0.1) is 0 Å². The van der Waals surface area contributed by atoms with Gasteiger partial charge in [-0.25, -0.2) is 4.79 Å². The molecule has 29 heavy (non-hydrogen) atoms. The number of pyridine rings is 1. The van der Waals surface area contributed by atoms with Crippen LogP contribution < -0.4 is 15.5 Å². The maximum Gasteiger partial charge on any atom is 0.341 e. The SMILES string of the molecule is COc1c(-c2cc3c(s2)CNCC3=O)ccc2c(=O)c(C(=O)O)cn(C3CC3)c12. The normalized spacial score (nSPS) is 16.1. The summed E-state index contributed by atoms with van der Waals surface area (Å²) >= 11 is 1.53. The summed E-state index contributed by atoms with van der Waals surface area (Å²) in [5.41, 5.74) is 1.38. The van der Waals surface area contributed by atoms with Gasteiger partial charge in [0, 0.05) is 39.7 Å². The van der Waals surface area contributed by atoms with Crippen LogP contribution in [-0.4, -0.2) is 35.1 Å². The summed E-state index contributed by atoms with van der Waals surface area (Å²) in [7, 11) is 1.55. The van der Waals surface area contributed by atoms with Gasteiger partial charge in [-0.1, -0.05) is 0 Å². The van der Waals surface area contributed by atoms with Crippen molar-refractivity contribution in [1.82, 2.24) is 9.88 Å². The van der Waals surface area contributed by atoms with Crippen molar-refractivity contribution in [3.05, 3.63) is 50.6 Å². The number of aromatic nitrogens is 1. The van der Waals surface area contributed by atoms with Gasteiger partial charge in [0.15, 0.2) is 11.5 Å². The second kappa shape index (κ2) is 6.53. The lowest BCUT2D eigenvalue weighted by Gasteiger charge is -2.17. The number of hydrogen-bond acceptors (Lipinski definition) is 6. The van der Waals surface area contributed by atoms with E-state index in [0.29, 0.717) is 29.7 Å². The molecule has 1 aliphatic heterocycles. The number of fused-ring (bicyclic) bond motifs is 2. The lowest BCUT2D eigenvalue weighted by atomic mass is 10.0. The topological polar surface area (TPSA) is 97.6 Å². The monoisotopic (exact) mass is 410 g/mol. The van der Waals surface area contributed by atoms with Crippen LogP contribution in [0.25, 0.3) is 21.3 Å². The third-order valence-corrected chi connectivity index (χ3v) is 6.64. The number of carboxylic acid groups (broad SMARTS) is 1. The molecule has 0 bridgehead atoms. The molecule has 1 fully saturated rings. The molecule has 1 aromatic carbocycles. The largest absolute Gasteiger partial charge is 0.494 e. The van der Waals surface area contributed by atoms with Crippen LogP contribution in [0.15, 0.2) is 29.2 Å². The molecule has 2 aliphatic rings. The number of ketones is 1. The summed E-state index contributed by atoms with van der Waals surface area (Å²) in [5, 5.41) is 12.9. The molecule has 8 heteroatoms. The Kier molecular flexibility index (Phi) is 4.07. The first-order valence-electron chi connectivity index (χ1n) is 9.35. The van der Waals surface area contributed by atoms with Crippen LogP contribution in [0.4, 0.5) is 0 Å². The van der Waals surface area contributed by atoms with Crippen molar-refractivity contribution in [3.8, 4) is 16.2 Å². The maximum atomic E-state index is 12.8. The highest BCUT2D eigenvalue weighted by atomic mass is 32.1. The highest BCUT2D eigenvalue weighted by molar-refractivity contribution is 7.16. The first-order valence-corrected chi connectivity index (χ1v) is 10.2. The van der Waals surface area contributed by atoms with Crippen LogP contribution in [0.2, 0.25) is 0 Å². The number of Topliss-reactive ketones (excluding diaryl/α,β-unsaturated/α-hetero) is 1. The van der Waals surface area contributed by atoms with Gasteiger partial charge in [-0.2, -0.15) is 0 Å². The molecule has 0 amide bonds. The number of aromatic carboxylic acids is 1. The molecule has 0 unspecified atom stereocenters. The van der Waals surface area contributed by atoms with E-state index in [4.69, 9.17) is 4.74 Å². The Morgan fingerprint density at radius 3 is 2.69 bits per heavy atom. The third kappa shape index (κ3) is 2.79. The zero-order valence-corrected chi connectivity index (χ0v) is 16.5. The van der Waals surface area contributed by atoms with Gasteiger partial charge in [0.1, 0.15) is 5.56 Å². The number of ether oxygens (including phenoxy) is 1. The number of nitrogens with one attached hydrogen (secondary N) is 1. The number of benzene rings is 1. The number of carbonyl (C=O) groups excluding carboxylic acids is 1. The summed E-state index contributed by atoms with van der Waals surface area (Å²) in [4.78, 5) is 38.4. The Morgan fingerprint density at radius 2 is 2.03 bits per heavy atom. The van der Waals surface area contributed by atoms with Gasteiger partial charge in [-0.05, 0) is 31.0 Å². The Bertz CT molecular complexity index is 1250. The van der Waals surface area contributed by atoms with Gasteiger partial charge in [-0.3, -0.25) is 9.59 Å². The Hall–Kier alpha value is -2.97. The maximum absolute atomic E-state index is 12.8. The number of nitrogens with zero attached hydrogens (tertiary/aromatic N) is 1. The zero-order valence-electron chi connectivity index (χ0n) is 15.7. The number of rotatable bonds is 4. The fourth-order valence-electron chi connectivity index (χ4n) is 3.93. The molecule has 5 rings (SSSR count). The van der Waals surface area contributed by atoms with Crippen LogP contribution in [0.5, 0.6) is 5.75 Å². The quantitative estimate of drug-likeness (QED) is 0.686. The predicted molar refractivity (Wildman–Crippen MR) is 109 cm³/mol. The molecule has 1 saturated carbocycles. The smallest absolute Gasteiger partial charge is 0.341 e. The van der Waals surface area contributed by atoms with Gasteiger partial charge in [0.2, 0.25) is 5.43 Å². The molecule has 148 valence electrons. The summed E-state index contributed by atoms with van der Waals surface area (Å²) < 4.78 is 7.61. The summed E-state index contributed by atoms with van der Waals surface area (Å²) in [6.07, 6.45) is 3.29. The Labute approximate surface area is 169 Å². The van der Waals surface area contributed by atoms with E-state index in [-0.39, 0.29) is 17.4 Å². The molecule has 0 spiro atoms. The highest BCUT2D eigenvalue weighted by Crippen LogP contribution is 2.44. The summed E-state index contributed by atoms with van der Waals surface area (Å²) in [5.74, 6) is -0.636. The highest BCUT2D eigenvalue weighted by Gasteiger charge is 2.30. The third-order valence-electron chi connectivity index (χ3n) is 5.47. The number of carboxylic acids is 1. The van der Waals surface area contributed by atoms with Gasteiger partial charge in [0.25, 0.3) is 0 Å². The van der Waals surface area contributed by atoms with Gasteiger partial charge in [0.05, 0.1) is 24.6 Å². The van der Waals surface area contributed by atoms with Crippen LogP contribution in [-0.2, 0) is 6.54 Å². The van der Waals surface area contributed by atoms with E-state index in [1.165, 1.54) is 17.5 Å². The van der Waals surface area contributed by atoms with Crippen molar-refractivity contribution >= 4 is 34.0 Å². The average molecular weight is 410 g/mol.